The van der Waals surface area contributed by atoms with Crippen LogP contribution >= 0.6 is 17.1 Å². The first-order chi connectivity index (χ1) is 7.62. The van der Waals surface area contributed by atoms with Crippen molar-refractivity contribution in [3.8, 4) is 0 Å². The van der Waals surface area contributed by atoms with Crippen LogP contribution in [0.15, 0.2) is 0 Å². The van der Waals surface area contributed by atoms with E-state index in [1.54, 1.807) is 11.4 Å². The van der Waals surface area contributed by atoms with Gasteiger partial charge in [-0.3, -0.25) is 0 Å². The topological polar surface area (TPSA) is 18.5 Å². The Morgan fingerprint density at radius 1 is 0.833 bits per heavy atom. The maximum atomic E-state index is 6.06. The third kappa shape index (κ3) is 10.8. The summed E-state index contributed by atoms with van der Waals surface area (Å²) in [5, 5.41) is 0. The highest BCUT2D eigenvalue weighted by molar-refractivity contribution is 8.67. The van der Waals surface area contributed by atoms with Gasteiger partial charge < -0.3 is 9.05 Å². The Kier molecular flexibility index (Phi) is 6.45. The molecule has 0 atom stereocenters. The van der Waals surface area contributed by atoms with Gasteiger partial charge in [0, 0.05) is 5.75 Å². The molecule has 0 aliphatic rings. The molecule has 0 aromatic heterocycles. The zero-order valence-electron chi connectivity index (χ0n) is 13.3. The van der Waals surface area contributed by atoms with Crippen molar-refractivity contribution < 1.29 is 9.05 Å². The van der Waals surface area contributed by atoms with Crippen LogP contribution in [0.2, 0.25) is 0 Å². The van der Waals surface area contributed by atoms with E-state index < -0.39 is 5.69 Å². The molecule has 2 nitrogen and oxygen atoms in total. The van der Waals surface area contributed by atoms with E-state index >= 15 is 0 Å². The van der Waals surface area contributed by atoms with E-state index in [4.69, 9.17) is 20.9 Å². The van der Waals surface area contributed by atoms with E-state index in [-0.39, 0.29) is 16.6 Å². The second-order valence-corrected chi connectivity index (χ2v) is 13.8. The molecule has 0 aliphatic heterocycles. The molecule has 0 rings (SSSR count). The Morgan fingerprint density at radius 3 is 1.39 bits per heavy atom. The predicted octanol–water partition coefficient (Wildman–Crippen LogP) is 5.62. The van der Waals surface area contributed by atoms with Crippen molar-refractivity contribution in [2.24, 2.45) is 5.41 Å². The molecule has 0 aromatic carbocycles. The van der Waals surface area contributed by atoms with Crippen LogP contribution in [0.25, 0.3) is 0 Å². The molecule has 0 N–H and O–H groups in total. The summed E-state index contributed by atoms with van der Waals surface area (Å²) in [4.78, 5) is 0. The van der Waals surface area contributed by atoms with Crippen molar-refractivity contribution in [1.82, 2.24) is 0 Å². The number of hydrogen-bond acceptors (Lipinski definition) is 4. The van der Waals surface area contributed by atoms with Crippen LogP contribution in [0.1, 0.15) is 62.3 Å². The number of rotatable bonds is 4. The summed E-state index contributed by atoms with van der Waals surface area (Å²) in [6.45, 7) is 18.8. The molecule has 0 fully saturated rings. The van der Waals surface area contributed by atoms with Crippen molar-refractivity contribution in [3.05, 3.63) is 0 Å². The highest BCUT2D eigenvalue weighted by atomic mass is 32.9. The van der Waals surface area contributed by atoms with Gasteiger partial charge in [-0.25, -0.2) is 0 Å². The van der Waals surface area contributed by atoms with Gasteiger partial charge in [-0.2, -0.15) is 0 Å². The van der Waals surface area contributed by atoms with Crippen LogP contribution in [0, 0.1) is 5.41 Å². The third-order valence-electron chi connectivity index (χ3n) is 1.43. The van der Waals surface area contributed by atoms with E-state index in [1.165, 1.54) is 0 Å². The largest absolute Gasteiger partial charge is 0.316 e. The summed E-state index contributed by atoms with van der Waals surface area (Å²) in [5.74, 6) is 0.941. The summed E-state index contributed by atoms with van der Waals surface area (Å²) >= 11 is 7.36. The molecule has 0 saturated carbocycles. The van der Waals surface area contributed by atoms with Crippen molar-refractivity contribution in [2.75, 3.05) is 5.75 Å². The molecule has 0 aromatic rings. The van der Waals surface area contributed by atoms with Crippen molar-refractivity contribution in [1.29, 1.82) is 0 Å². The van der Waals surface area contributed by atoms with Gasteiger partial charge in [0.2, 0.25) is 5.69 Å². The molecule has 0 bridgehead atoms. The first-order valence-corrected chi connectivity index (χ1v) is 10.5. The summed E-state index contributed by atoms with van der Waals surface area (Å²) in [6, 6.07) is 0. The minimum atomic E-state index is -2.31. The molecule has 0 radical (unpaired) electrons. The van der Waals surface area contributed by atoms with Crippen molar-refractivity contribution >= 4 is 28.9 Å². The third-order valence-corrected chi connectivity index (χ3v) is 7.46. The number of hydrogen-bond donors (Lipinski definition) is 0. The zero-order valence-corrected chi connectivity index (χ0v) is 15.8. The molecule has 0 amide bonds. The summed E-state index contributed by atoms with van der Waals surface area (Å²) < 4.78 is 12.1. The second kappa shape index (κ2) is 6.13. The van der Waals surface area contributed by atoms with Gasteiger partial charge in [0.25, 0.3) is 0 Å². The Labute approximate surface area is 123 Å². The highest BCUT2D eigenvalue weighted by Gasteiger charge is 2.33. The van der Waals surface area contributed by atoms with Crippen molar-refractivity contribution in [3.63, 3.8) is 0 Å². The van der Waals surface area contributed by atoms with Gasteiger partial charge in [0.1, 0.15) is 0 Å². The standard InChI is InChI=1S/C13H29O2PS2/c1-11(2,3)10-18-16(17,14-12(4,5)6)15-13(7,8)9/h10H2,1-9H3. The van der Waals surface area contributed by atoms with Crippen molar-refractivity contribution in [2.45, 2.75) is 73.5 Å². The van der Waals surface area contributed by atoms with Crippen LogP contribution in [-0.4, -0.2) is 17.0 Å². The quantitative estimate of drug-likeness (QED) is 0.627. The highest BCUT2D eigenvalue weighted by Crippen LogP contribution is 2.65. The lowest BCUT2D eigenvalue weighted by Gasteiger charge is -2.35. The lowest BCUT2D eigenvalue weighted by molar-refractivity contribution is 0.0795. The summed E-state index contributed by atoms with van der Waals surface area (Å²) in [7, 11) is 0. The molecule has 18 heavy (non-hydrogen) atoms. The van der Waals surface area contributed by atoms with Gasteiger partial charge >= 0.3 is 0 Å². The minimum Gasteiger partial charge on any atom is -0.316 e. The van der Waals surface area contributed by atoms with Gasteiger partial charge in [-0.15, -0.1) is 0 Å². The van der Waals surface area contributed by atoms with Crippen LogP contribution in [0.4, 0.5) is 0 Å². The average Bonchev–Trinajstić information content (AvgIpc) is 1.91. The maximum Gasteiger partial charge on any atom is 0.248 e. The first-order valence-electron chi connectivity index (χ1n) is 6.28. The average molecular weight is 312 g/mol. The zero-order chi connectivity index (χ0) is 14.8. The molecule has 0 unspecified atom stereocenters. The fraction of sp³-hybridized carbons (Fsp3) is 1.00. The van der Waals surface area contributed by atoms with Gasteiger partial charge in [0.05, 0.1) is 11.2 Å². The van der Waals surface area contributed by atoms with E-state index in [0.29, 0.717) is 0 Å². The first kappa shape index (κ1) is 18.9. The van der Waals surface area contributed by atoms with Crippen LogP contribution in [-0.2, 0) is 20.9 Å². The van der Waals surface area contributed by atoms with Crippen LogP contribution < -0.4 is 0 Å². The molecule has 110 valence electrons. The summed E-state index contributed by atoms with van der Waals surface area (Å²) in [6.07, 6.45) is 0. The predicted molar refractivity (Wildman–Crippen MR) is 87.9 cm³/mol. The molecule has 5 heteroatoms. The molecular weight excluding hydrogens is 283 g/mol. The smallest absolute Gasteiger partial charge is 0.248 e. The lowest BCUT2D eigenvalue weighted by Crippen LogP contribution is -2.23. The van der Waals surface area contributed by atoms with E-state index in [9.17, 15) is 0 Å². The lowest BCUT2D eigenvalue weighted by atomic mass is 10.0. The Bertz CT molecular complexity index is 288. The van der Waals surface area contributed by atoms with Gasteiger partial charge in [-0.05, 0) is 58.8 Å². The Balaban J connectivity index is 4.88. The van der Waals surface area contributed by atoms with E-state index in [1.807, 2.05) is 41.5 Å². The van der Waals surface area contributed by atoms with Crippen LogP contribution in [0.3, 0.4) is 0 Å². The van der Waals surface area contributed by atoms with Gasteiger partial charge in [-0.1, -0.05) is 32.2 Å². The molecule has 0 aliphatic carbocycles. The fourth-order valence-corrected chi connectivity index (χ4v) is 8.15. The van der Waals surface area contributed by atoms with E-state index in [0.717, 1.165) is 5.75 Å². The molecule has 0 heterocycles. The Hall–Kier alpha value is 0.920. The minimum absolute atomic E-state index is 0.219. The van der Waals surface area contributed by atoms with E-state index in [2.05, 4.69) is 20.8 Å². The summed E-state index contributed by atoms with van der Waals surface area (Å²) in [5.41, 5.74) is -2.63. The Morgan fingerprint density at radius 2 is 1.17 bits per heavy atom. The normalized spacial score (nSPS) is 14.9. The maximum absolute atomic E-state index is 6.06. The second-order valence-electron chi connectivity index (χ2n) is 7.69. The fourth-order valence-electron chi connectivity index (χ4n) is 1.01. The monoisotopic (exact) mass is 312 g/mol. The van der Waals surface area contributed by atoms with Gasteiger partial charge in [0.15, 0.2) is 0 Å². The molecule has 0 saturated heterocycles. The SMILES string of the molecule is CC(C)(C)CSP(=S)(OC(C)(C)C)OC(C)(C)C. The molecule has 0 spiro atoms. The van der Waals surface area contributed by atoms with Crippen LogP contribution in [0.5, 0.6) is 0 Å². The molecular formula is C13H29O2PS2.